The van der Waals surface area contributed by atoms with Crippen molar-refractivity contribution >= 4 is 25.8 Å². The molecule has 0 spiro atoms. The second kappa shape index (κ2) is 5.02. The van der Waals surface area contributed by atoms with E-state index in [4.69, 9.17) is 5.73 Å². The molecular formula is C9H16N4O4S2. The fourth-order valence-corrected chi connectivity index (χ4v) is 2.47. The van der Waals surface area contributed by atoms with Gasteiger partial charge in [-0.1, -0.05) is 0 Å². The van der Waals surface area contributed by atoms with Crippen LogP contribution in [0.25, 0.3) is 0 Å². The first-order valence-electron chi connectivity index (χ1n) is 5.22. The van der Waals surface area contributed by atoms with Gasteiger partial charge in [-0.2, -0.15) is 0 Å². The molecule has 1 heterocycles. The molecule has 0 fully saturated rings. The van der Waals surface area contributed by atoms with Gasteiger partial charge in [0.15, 0.2) is 9.84 Å². The van der Waals surface area contributed by atoms with Crippen LogP contribution in [0.4, 0.5) is 5.95 Å². The van der Waals surface area contributed by atoms with Gasteiger partial charge in [0.2, 0.25) is 16.0 Å². The number of nitrogens with one attached hydrogen (secondary N) is 1. The minimum atomic E-state index is -3.87. The molecule has 0 radical (unpaired) electrons. The Morgan fingerprint density at radius 1 is 1.21 bits per heavy atom. The first-order chi connectivity index (χ1) is 8.46. The van der Waals surface area contributed by atoms with E-state index in [-0.39, 0.29) is 17.4 Å². The van der Waals surface area contributed by atoms with Crippen LogP contribution in [0, 0.1) is 0 Å². The highest BCUT2D eigenvalue weighted by atomic mass is 32.2. The van der Waals surface area contributed by atoms with Crippen molar-refractivity contribution < 1.29 is 16.8 Å². The minimum absolute atomic E-state index is 0.0459. The van der Waals surface area contributed by atoms with Crippen LogP contribution in [0.1, 0.15) is 13.8 Å². The van der Waals surface area contributed by atoms with Crippen LogP contribution in [0.3, 0.4) is 0 Å². The maximum Gasteiger partial charge on any atom is 0.243 e. The van der Waals surface area contributed by atoms with Gasteiger partial charge in [-0.25, -0.2) is 31.5 Å². The Labute approximate surface area is 112 Å². The van der Waals surface area contributed by atoms with E-state index < -0.39 is 24.6 Å². The van der Waals surface area contributed by atoms with Gasteiger partial charge < -0.3 is 5.73 Å². The van der Waals surface area contributed by atoms with Crippen LogP contribution in [-0.4, -0.2) is 44.4 Å². The highest BCUT2D eigenvalue weighted by Gasteiger charge is 2.32. The van der Waals surface area contributed by atoms with E-state index >= 15 is 0 Å². The molecule has 1 aromatic rings. The molecule has 0 saturated carbocycles. The molecule has 1 aromatic heterocycles. The summed E-state index contributed by atoms with van der Waals surface area (Å²) in [4.78, 5) is 6.96. The highest BCUT2D eigenvalue weighted by Crippen LogP contribution is 2.15. The molecule has 108 valence electrons. The Kier molecular flexibility index (Phi) is 4.17. The maximum atomic E-state index is 11.9. The van der Waals surface area contributed by atoms with Crippen molar-refractivity contribution in [3.8, 4) is 0 Å². The van der Waals surface area contributed by atoms with Gasteiger partial charge in [0.25, 0.3) is 0 Å². The molecule has 3 N–H and O–H groups in total. The number of nitrogens with zero attached hydrogens (tertiary/aromatic N) is 2. The molecular weight excluding hydrogens is 292 g/mol. The lowest BCUT2D eigenvalue weighted by Gasteiger charge is -2.22. The summed E-state index contributed by atoms with van der Waals surface area (Å²) in [6.07, 6.45) is 3.16. The molecule has 19 heavy (non-hydrogen) atoms. The van der Waals surface area contributed by atoms with E-state index in [2.05, 4.69) is 14.7 Å². The summed E-state index contributed by atoms with van der Waals surface area (Å²) in [6, 6.07) is 0. The minimum Gasteiger partial charge on any atom is -0.368 e. The van der Waals surface area contributed by atoms with Gasteiger partial charge in [0.05, 0.1) is 17.1 Å². The van der Waals surface area contributed by atoms with Crippen molar-refractivity contribution in [2.24, 2.45) is 0 Å². The highest BCUT2D eigenvalue weighted by molar-refractivity contribution is 7.92. The zero-order valence-corrected chi connectivity index (χ0v) is 12.4. The van der Waals surface area contributed by atoms with Crippen LogP contribution >= 0.6 is 0 Å². The predicted molar refractivity (Wildman–Crippen MR) is 70.6 cm³/mol. The molecule has 0 amide bonds. The second-order valence-corrected chi connectivity index (χ2v) is 9.05. The number of aromatic nitrogens is 2. The normalized spacial score (nSPS) is 13.4. The molecule has 0 aromatic carbocycles. The van der Waals surface area contributed by atoms with Gasteiger partial charge in [0.1, 0.15) is 4.90 Å². The summed E-state index contributed by atoms with van der Waals surface area (Å²) in [5.41, 5.74) is 5.25. The molecule has 1 rings (SSSR count). The number of hydrogen-bond donors (Lipinski definition) is 2. The number of rotatable bonds is 5. The zero-order valence-electron chi connectivity index (χ0n) is 10.8. The number of sulfonamides is 1. The molecule has 0 bridgehead atoms. The summed E-state index contributed by atoms with van der Waals surface area (Å²) in [7, 11) is -7.26. The summed E-state index contributed by atoms with van der Waals surface area (Å²) in [6.45, 7) is 2.62. The number of hydrogen-bond acceptors (Lipinski definition) is 7. The second-order valence-electron chi connectivity index (χ2n) is 4.63. The Morgan fingerprint density at radius 3 is 2.11 bits per heavy atom. The largest absolute Gasteiger partial charge is 0.368 e. The first kappa shape index (κ1) is 15.8. The van der Waals surface area contributed by atoms with E-state index in [1.165, 1.54) is 13.8 Å². The van der Waals surface area contributed by atoms with Crippen LogP contribution in [-0.2, 0) is 19.9 Å². The molecule has 8 nitrogen and oxygen atoms in total. The van der Waals surface area contributed by atoms with Gasteiger partial charge in [-0.3, -0.25) is 0 Å². The maximum absolute atomic E-state index is 11.9. The fraction of sp³-hybridized carbons (Fsp3) is 0.556. The third-order valence-corrected chi connectivity index (χ3v) is 6.16. The van der Waals surface area contributed by atoms with Crippen LogP contribution in [0.2, 0.25) is 0 Å². The lowest BCUT2D eigenvalue weighted by Crippen LogP contribution is -2.43. The van der Waals surface area contributed by atoms with E-state index in [1.807, 2.05) is 0 Å². The molecule has 0 aliphatic heterocycles. The number of nitrogen functional groups attached to an aromatic ring is 1. The lowest BCUT2D eigenvalue weighted by atomic mass is 10.2. The summed E-state index contributed by atoms with van der Waals surface area (Å²) < 4.78 is 47.7. The molecule has 0 saturated heterocycles. The number of anilines is 1. The Bertz CT molecular complexity index is 650. The van der Waals surface area contributed by atoms with Crippen molar-refractivity contribution in [3.63, 3.8) is 0 Å². The van der Waals surface area contributed by atoms with Gasteiger partial charge >= 0.3 is 0 Å². The van der Waals surface area contributed by atoms with Crippen molar-refractivity contribution in [3.05, 3.63) is 12.4 Å². The molecule has 0 aliphatic carbocycles. The van der Waals surface area contributed by atoms with Crippen LogP contribution in [0.15, 0.2) is 17.3 Å². The smallest absolute Gasteiger partial charge is 0.243 e. The van der Waals surface area contributed by atoms with Gasteiger partial charge in [-0.05, 0) is 13.8 Å². The zero-order chi connectivity index (χ0) is 14.9. The van der Waals surface area contributed by atoms with E-state index in [1.54, 1.807) is 0 Å². The predicted octanol–water partition coefficient (Wildman–Crippen LogP) is -0.840. The summed E-state index contributed by atoms with van der Waals surface area (Å²) >= 11 is 0. The molecule has 0 aliphatic rings. The van der Waals surface area contributed by atoms with Gasteiger partial charge in [-0.15, -0.1) is 0 Å². The van der Waals surface area contributed by atoms with Crippen molar-refractivity contribution in [1.82, 2.24) is 14.7 Å². The topological polar surface area (TPSA) is 132 Å². The van der Waals surface area contributed by atoms with E-state index in [9.17, 15) is 16.8 Å². The quantitative estimate of drug-likeness (QED) is 0.724. The fourth-order valence-electron chi connectivity index (χ4n) is 0.948. The molecule has 0 atom stereocenters. The van der Waals surface area contributed by atoms with E-state index in [0.29, 0.717) is 0 Å². The van der Waals surface area contributed by atoms with E-state index in [0.717, 1.165) is 18.6 Å². The molecule has 0 unspecified atom stereocenters. The standard InChI is InChI=1S/C9H16N4O4S2/c1-9(2,18(3,14)15)6-13-19(16,17)7-4-11-8(10)12-5-7/h4-5,13H,6H2,1-3H3,(H2,10,11,12). The number of sulfone groups is 1. The monoisotopic (exact) mass is 308 g/mol. The van der Waals surface area contributed by atoms with Crippen molar-refractivity contribution in [2.75, 3.05) is 18.5 Å². The molecule has 10 heteroatoms. The van der Waals surface area contributed by atoms with Crippen LogP contribution in [0.5, 0.6) is 0 Å². The average molecular weight is 308 g/mol. The summed E-state index contributed by atoms with van der Waals surface area (Å²) in [5, 5.41) is 0. The SMILES string of the molecule is CC(C)(CNS(=O)(=O)c1cnc(N)nc1)S(C)(=O)=O. The van der Waals surface area contributed by atoms with Crippen molar-refractivity contribution in [2.45, 2.75) is 23.5 Å². The lowest BCUT2D eigenvalue weighted by molar-refractivity contribution is 0.537. The average Bonchev–Trinajstić information content (AvgIpc) is 2.26. The third kappa shape index (κ3) is 3.85. The Hall–Kier alpha value is -1.26. The first-order valence-corrected chi connectivity index (χ1v) is 8.60. The van der Waals surface area contributed by atoms with Gasteiger partial charge in [0, 0.05) is 12.8 Å². The number of nitrogens with two attached hydrogens (primary N) is 1. The third-order valence-electron chi connectivity index (χ3n) is 2.65. The van der Waals surface area contributed by atoms with Crippen molar-refractivity contribution in [1.29, 1.82) is 0 Å². The Balaban J connectivity index is 2.91. The van der Waals surface area contributed by atoms with Crippen LogP contribution < -0.4 is 10.5 Å². The summed E-state index contributed by atoms with van der Waals surface area (Å²) in [5.74, 6) is -0.0459. The Morgan fingerprint density at radius 2 is 1.68 bits per heavy atom.